The van der Waals surface area contributed by atoms with Gasteiger partial charge in [-0.3, -0.25) is 4.90 Å². The quantitative estimate of drug-likeness (QED) is 0.762. The van der Waals surface area contributed by atoms with E-state index < -0.39 is 0 Å². The van der Waals surface area contributed by atoms with Crippen molar-refractivity contribution in [2.24, 2.45) is 11.8 Å². The molecule has 128 valence electrons. The van der Waals surface area contributed by atoms with Gasteiger partial charge in [-0.25, -0.2) is 0 Å². The summed E-state index contributed by atoms with van der Waals surface area (Å²) < 4.78 is 0. The molecule has 0 radical (unpaired) electrons. The summed E-state index contributed by atoms with van der Waals surface area (Å²) in [7, 11) is 0. The molecule has 0 bridgehead atoms. The van der Waals surface area contributed by atoms with E-state index in [0.717, 1.165) is 24.4 Å². The summed E-state index contributed by atoms with van der Waals surface area (Å²) in [6.07, 6.45) is 8.34. The highest BCUT2D eigenvalue weighted by molar-refractivity contribution is 5.14. The van der Waals surface area contributed by atoms with Crippen LogP contribution in [0.15, 0.2) is 30.3 Å². The van der Waals surface area contributed by atoms with Gasteiger partial charge in [0.1, 0.15) is 0 Å². The Balaban J connectivity index is 1.59. The lowest BCUT2D eigenvalue weighted by Crippen LogP contribution is -2.53. The zero-order valence-electron chi connectivity index (χ0n) is 15.0. The molecule has 1 N–H and O–H groups in total. The molecule has 0 aromatic heterocycles. The maximum absolute atomic E-state index is 3.85. The molecular formula is C21H34N2. The number of hydrogen-bond donors (Lipinski definition) is 1. The highest BCUT2D eigenvalue weighted by atomic mass is 15.2. The van der Waals surface area contributed by atoms with Crippen LogP contribution in [0.4, 0.5) is 0 Å². The van der Waals surface area contributed by atoms with Crippen LogP contribution in [0.5, 0.6) is 0 Å². The van der Waals surface area contributed by atoms with Crippen LogP contribution in [0.1, 0.15) is 57.9 Å². The Morgan fingerprint density at radius 1 is 1.13 bits per heavy atom. The number of nitrogens with one attached hydrogen (secondary N) is 1. The van der Waals surface area contributed by atoms with Gasteiger partial charge in [0.05, 0.1) is 0 Å². The molecule has 2 heteroatoms. The van der Waals surface area contributed by atoms with Crippen molar-refractivity contribution in [3.05, 3.63) is 35.9 Å². The lowest BCUT2D eigenvalue weighted by molar-refractivity contribution is 0.0800. The van der Waals surface area contributed by atoms with Gasteiger partial charge in [-0.05, 0) is 49.5 Å². The van der Waals surface area contributed by atoms with Gasteiger partial charge in [-0.2, -0.15) is 0 Å². The lowest BCUT2D eigenvalue weighted by atomic mass is 9.88. The van der Waals surface area contributed by atoms with Gasteiger partial charge in [0.2, 0.25) is 0 Å². The van der Waals surface area contributed by atoms with Crippen molar-refractivity contribution in [1.82, 2.24) is 10.2 Å². The highest BCUT2D eigenvalue weighted by Crippen LogP contribution is 2.38. The molecule has 2 fully saturated rings. The molecule has 0 spiro atoms. The Morgan fingerprint density at radius 3 is 2.57 bits per heavy atom. The van der Waals surface area contributed by atoms with Gasteiger partial charge in [0.25, 0.3) is 0 Å². The Kier molecular flexibility index (Phi) is 6.13. The molecule has 0 amide bonds. The summed E-state index contributed by atoms with van der Waals surface area (Å²) in [4.78, 5) is 2.84. The first-order valence-electron chi connectivity index (χ1n) is 9.81. The van der Waals surface area contributed by atoms with Crippen LogP contribution in [0.2, 0.25) is 0 Å². The minimum Gasteiger partial charge on any atom is -0.309 e. The Bertz CT molecular complexity index is 454. The minimum atomic E-state index is 0.660. The second-order valence-corrected chi connectivity index (χ2v) is 7.72. The number of benzene rings is 1. The first-order valence-corrected chi connectivity index (χ1v) is 9.81. The van der Waals surface area contributed by atoms with E-state index in [0.29, 0.717) is 6.04 Å². The predicted molar refractivity (Wildman–Crippen MR) is 98.5 cm³/mol. The first-order chi connectivity index (χ1) is 11.3. The smallest absolute Gasteiger partial charge is 0.0208 e. The molecule has 3 unspecified atom stereocenters. The number of nitrogens with zero attached hydrogens (tertiary/aromatic N) is 1. The summed E-state index contributed by atoms with van der Waals surface area (Å²) in [5, 5.41) is 3.85. The SMILES string of the molecule is CCCC1CC(NCc2ccccc2)CN(C(CC)C2CC2)C1. The van der Waals surface area contributed by atoms with Crippen molar-refractivity contribution in [1.29, 1.82) is 0 Å². The lowest BCUT2D eigenvalue weighted by Gasteiger charge is -2.42. The van der Waals surface area contributed by atoms with Gasteiger partial charge < -0.3 is 5.32 Å². The van der Waals surface area contributed by atoms with Crippen molar-refractivity contribution in [2.75, 3.05) is 13.1 Å². The average molecular weight is 315 g/mol. The maximum atomic E-state index is 3.85. The fraction of sp³-hybridized carbons (Fsp3) is 0.714. The van der Waals surface area contributed by atoms with Gasteiger partial charge in [-0.1, -0.05) is 50.6 Å². The molecule has 1 aliphatic heterocycles. The van der Waals surface area contributed by atoms with Crippen LogP contribution in [-0.4, -0.2) is 30.1 Å². The van der Waals surface area contributed by atoms with Gasteiger partial charge in [-0.15, -0.1) is 0 Å². The second-order valence-electron chi connectivity index (χ2n) is 7.72. The molecule has 1 heterocycles. The topological polar surface area (TPSA) is 15.3 Å². The summed E-state index contributed by atoms with van der Waals surface area (Å²) in [6.45, 7) is 8.33. The minimum absolute atomic E-state index is 0.660. The van der Waals surface area contributed by atoms with Gasteiger partial charge >= 0.3 is 0 Å². The van der Waals surface area contributed by atoms with E-state index in [1.54, 1.807) is 0 Å². The van der Waals surface area contributed by atoms with E-state index in [-0.39, 0.29) is 0 Å². The standard InChI is InChI=1S/C21H34N2/c1-3-8-18-13-20(22-14-17-9-6-5-7-10-17)16-23(15-18)21(4-2)19-11-12-19/h5-7,9-10,18-22H,3-4,8,11-16H2,1-2H3. The normalized spacial score (nSPS) is 27.0. The molecule has 1 aromatic rings. The van der Waals surface area contributed by atoms with Crippen molar-refractivity contribution in [3.63, 3.8) is 0 Å². The van der Waals surface area contributed by atoms with Gasteiger partial charge in [0, 0.05) is 31.7 Å². The third kappa shape index (κ3) is 4.81. The second kappa shape index (κ2) is 8.30. The van der Waals surface area contributed by atoms with Crippen LogP contribution in [0, 0.1) is 11.8 Å². The first kappa shape index (κ1) is 17.0. The Morgan fingerprint density at radius 2 is 1.91 bits per heavy atom. The molecule has 2 aliphatic rings. The summed E-state index contributed by atoms with van der Waals surface area (Å²) in [5.41, 5.74) is 1.41. The molecule has 23 heavy (non-hydrogen) atoms. The Hall–Kier alpha value is -0.860. The predicted octanol–water partition coefficient (Wildman–Crippen LogP) is 4.46. The molecule has 2 nitrogen and oxygen atoms in total. The molecule has 1 aromatic carbocycles. The number of rotatable bonds is 8. The molecule has 1 saturated heterocycles. The summed E-state index contributed by atoms with van der Waals surface area (Å²) in [5.74, 6) is 1.88. The number of likely N-dealkylation sites (tertiary alicyclic amines) is 1. The third-order valence-electron chi connectivity index (χ3n) is 5.75. The van der Waals surface area contributed by atoms with Crippen LogP contribution >= 0.6 is 0 Å². The molecule has 1 saturated carbocycles. The molecule has 1 aliphatic carbocycles. The van der Waals surface area contributed by atoms with E-state index in [2.05, 4.69) is 54.4 Å². The molecule has 3 rings (SSSR count). The van der Waals surface area contributed by atoms with Crippen molar-refractivity contribution in [2.45, 2.75) is 71.0 Å². The average Bonchev–Trinajstić information content (AvgIpc) is 3.40. The van der Waals surface area contributed by atoms with Crippen LogP contribution < -0.4 is 5.32 Å². The van der Waals surface area contributed by atoms with E-state index in [4.69, 9.17) is 0 Å². The largest absolute Gasteiger partial charge is 0.309 e. The molecular weight excluding hydrogens is 280 g/mol. The van der Waals surface area contributed by atoms with Crippen LogP contribution in [-0.2, 0) is 6.54 Å². The summed E-state index contributed by atoms with van der Waals surface area (Å²) >= 11 is 0. The maximum Gasteiger partial charge on any atom is 0.0208 e. The zero-order valence-corrected chi connectivity index (χ0v) is 15.0. The number of hydrogen-bond acceptors (Lipinski definition) is 2. The summed E-state index contributed by atoms with van der Waals surface area (Å²) in [6, 6.07) is 12.4. The van der Waals surface area contributed by atoms with Crippen molar-refractivity contribution in [3.8, 4) is 0 Å². The zero-order chi connectivity index (χ0) is 16.1. The fourth-order valence-corrected chi connectivity index (χ4v) is 4.51. The Labute approximate surface area is 142 Å². The fourth-order valence-electron chi connectivity index (χ4n) is 4.51. The van der Waals surface area contributed by atoms with Crippen LogP contribution in [0.3, 0.4) is 0 Å². The van der Waals surface area contributed by atoms with Crippen molar-refractivity contribution < 1.29 is 0 Å². The number of piperidine rings is 1. The van der Waals surface area contributed by atoms with Crippen molar-refractivity contribution >= 4 is 0 Å². The molecule has 3 atom stereocenters. The van der Waals surface area contributed by atoms with E-state index in [1.807, 2.05) is 0 Å². The van der Waals surface area contributed by atoms with E-state index in [1.165, 1.54) is 57.2 Å². The van der Waals surface area contributed by atoms with E-state index in [9.17, 15) is 0 Å². The third-order valence-corrected chi connectivity index (χ3v) is 5.75. The highest BCUT2D eigenvalue weighted by Gasteiger charge is 2.37. The van der Waals surface area contributed by atoms with E-state index >= 15 is 0 Å². The monoisotopic (exact) mass is 314 g/mol. The van der Waals surface area contributed by atoms with Crippen LogP contribution in [0.25, 0.3) is 0 Å². The van der Waals surface area contributed by atoms with Gasteiger partial charge in [0.15, 0.2) is 0 Å².